The Hall–Kier alpha value is -1.82. The first-order chi connectivity index (χ1) is 7.83. The molecule has 16 heavy (non-hydrogen) atoms. The molecule has 78 valence electrons. The first-order valence-corrected chi connectivity index (χ1v) is 5.69. The maximum atomic E-state index is 2.22. The Morgan fingerprint density at radius 1 is 0.812 bits per heavy atom. The quantitative estimate of drug-likeness (QED) is 0.510. The van der Waals surface area contributed by atoms with Gasteiger partial charge in [-0.3, -0.25) is 0 Å². The zero-order valence-electron chi connectivity index (χ0n) is 9.62. The minimum Gasteiger partial charge on any atom is -0.0791 e. The average molecular weight is 206 g/mol. The highest BCUT2D eigenvalue weighted by atomic mass is 14.3. The summed E-state index contributed by atoms with van der Waals surface area (Å²) in [5.41, 5.74) is 8.27. The molecular weight excluding hydrogens is 192 g/mol. The molecule has 0 heterocycles. The molecule has 0 nitrogen and oxygen atoms in total. The molecule has 0 aromatic heterocycles. The molecule has 0 bridgehead atoms. The molecular formula is C16H14. The molecule has 0 fully saturated rings. The van der Waals surface area contributed by atoms with Gasteiger partial charge in [0, 0.05) is 0 Å². The monoisotopic (exact) mass is 206 g/mol. The Labute approximate surface area is 96.3 Å². The molecule has 1 aliphatic rings. The molecule has 0 saturated heterocycles. The number of fused-ring (bicyclic) bond motifs is 3. The number of hydrogen-bond donors (Lipinski definition) is 0. The summed E-state index contributed by atoms with van der Waals surface area (Å²) in [6.45, 7) is 4.31. The van der Waals surface area contributed by atoms with Gasteiger partial charge in [-0.15, -0.1) is 0 Å². The lowest BCUT2D eigenvalue weighted by atomic mass is 9.99. The number of allylic oxidation sites excluding steroid dienone is 1. The van der Waals surface area contributed by atoms with Crippen molar-refractivity contribution in [1.29, 1.82) is 0 Å². The van der Waals surface area contributed by atoms with Crippen LogP contribution in [0.5, 0.6) is 0 Å². The lowest BCUT2D eigenvalue weighted by Gasteiger charge is -2.04. The predicted octanol–water partition coefficient (Wildman–Crippen LogP) is 4.43. The Kier molecular flexibility index (Phi) is 1.97. The summed E-state index contributed by atoms with van der Waals surface area (Å²) in [6.07, 6.45) is 2.22. The van der Waals surface area contributed by atoms with Gasteiger partial charge in [0.2, 0.25) is 0 Å². The number of aryl methyl sites for hydroxylation is 1. The van der Waals surface area contributed by atoms with E-state index in [0.29, 0.717) is 0 Å². The van der Waals surface area contributed by atoms with Crippen molar-refractivity contribution in [2.75, 3.05) is 0 Å². The van der Waals surface area contributed by atoms with Crippen molar-refractivity contribution in [3.05, 3.63) is 65.2 Å². The van der Waals surface area contributed by atoms with Crippen molar-refractivity contribution < 1.29 is 0 Å². The van der Waals surface area contributed by atoms with Gasteiger partial charge in [-0.2, -0.15) is 0 Å². The fourth-order valence-electron chi connectivity index (χ4n) is 2.64. The van der Waals surface area contributed by atoms with Crippen molar-refractivity contribution >= 4 is 5.57 Å². The number of benzene rings is 2. The standard InChI is InChI=1S/C16H14/c1-3-12-13-8-4-5-9-14(13)15-10-6-7-11(2)16(12)15/h3-10H,1-2H3. The third-order valence-corrected chi connectivity index (χ3v) is 3.34. The molecule has 0 spiro atoms. The Morgan fingerprint density at radius 3 is 2.25 bits per heavy atom. The first kappa shape index (κ1) is 9.41. The largest absolute Gasteiger partial charge is 0.0791 e. The highest BCUT2D eigenvalue weighted by molar-refractivity contribution is 6.01. The maximum absolute atomic E-state index is 2.22. The summed E-state index contributed by atoms with van der Waals surface area (Å²) < 4.78 is 0. The SMILES string of the molecule is CC=C1c2ccccc2-c2cccc(C)c21. The fourth-order valence-corrected chi connectivity index (χ4v) is 2.64. The molecule has 3 rings (SSSR count). The lowest BCUT2D eigenvalue weighted by molar-refractivity contribution is 1.44. The van der Waals surface area contributed by atoms with E-state index in [1.807, 2.05) is 0 Å². The van der Waals surface area contributed by atoms with Crippen molar-refractivity contribution in [2.24, 2.45) is 0 Å². The highest BCUT2D eigenvalue weighted by Gasteiger charge is 2.23. The summed E-state index contributed by atoms with van der Waals surface area (Å²) >= 11 is 0. The lowest BCUT2D eigenvalue weighted by Crippen LogP contribution is -1.84. The number of rotatable bonds is 0. The van der Waals surface area contributed by atoms with Crippen LogP contribution in [0.4, 0.5) is 0 Å². The molecule has 0 radical (unpaired) electrons. The second-order valence-electron chi connectivity index (χ2n) is 4.25. The van der Waals surface area contributed by atoms with Gasteiger partial charge in [0.15, 0.2) is 0 Å². The Bertz CT molecular complexity index is 589. The average Bonchev–Trinajstić information content (AvgIpc) is 2.65. The van der Waals surface area contributed by atoms with E-state index in [0.717, 1.165) is 0 Å². The van der Waals surface area contributed by atoms with E-state index in [1.165, 1.54) is 33.4 Å². The third kappa shape index (κ3) is 1.10. The van der Waals surface area contributed by atoms with Crippen LogP contribution in [-0.4, -0.2) is 0 Å². The summed E-state index contributed by atoms with van der Waals surface area (Å²) in [4.78, 5) is 0. The smallest absolute Gasteiger partial charge is 0.00730 e. The van der Waals surface area contributed by atoms with Gasteiger partial charge in [0.05, 0.1) is 0 Å². The van der Waals surface area contributed by atoms with Gasteiger partial charge < -0.3 is 0 Å². The van der Waals surface area contributed by atoms with Gasteiger partial charge in [0.25, 0.3) is 0 Å². The van der Waals surface area contributed by atoms with Crippen LogP contribution >= 0.6 is 0 Å². The molecule has 0 heteroatoms. The van der Waals surface area contributed by atoms with Gasteiger partial charge in [0.1, 0.15) is 0 Å². The molecule has 0 aliphatic heterocycles. The van der Waals surface area contributed by atoms with Gasteiger partial charge >= 0.3 is 0 Å². The molecule has 0 N–H and O–H groups in total. The van der Waals surface area contributed by atoms with E-state index in [9.17, 15) is 0 Å². The van der Waals surface area contributed by atoms with Gasteiger partial charge in [-0.1, -0.05) is 48.5 Å². The summed E-state index contributed by atoms with van der Waals surface area (Å²) in [5, 5.41) is 0. The van der Waals surface area contributed by atoms with Crippen LogP contribution in [0.15, 0.2) is 48.5 Å². The highest BCUT2D eigenvalue weighted by Crippen LogP contribution is 2.45. The van der Waals surface area contributed by atoms with Crippen LogP contribution in [0.2, 0.25) is 0 Å². The van der Waals surface area contributed by atoms with E-state index in [4.69, 9.17) is 0 Å². The molecule has 2 aromatic carbocycles. The number of hydrogen-bond acceptors (Lipinski definition) is 0. The van der Waals surface area contributed by atoms with Crippen molar-refractivity contribution in [2.45, 2.75) is 13.8 Å². The third-order valence-electron chi connectivity index (χ3n) is 3.34. The van der Waals surface area contributed by atoms with Gasteiger partial charge in [-0.25, -0.2) is 0 Å². The van der Waals surface area contributed by atoms with Crippen LogP contribution in [0.3, 0.4) is 0 Å². The van der Waals surface area contributed by atoms with Crippen molar-refractivity contribution in [1.82, 2.24) is 0 Å². The molecule has 0 atom stereocenters. The van der Waals surface area contributed by atoms with Crippen LogP contribution in [0.25, 0.3) is 16.7 Å². The predicted molar refractivity (Wildman–Crippen MR) is 69.4 cm³/mol. The molecule has 0 amide bonds. The molecule has 1 aliphatic carbocycles. The van der Waals surface area contributed by atoms with E-state index >= 15 is 0 Å². The van der Waals surface area contributed by atoms with Crippen LogP contribution in [0, 0.1) is 6.92 Å². The molecule has 0 unspecified atom stereocenters. The van der Waals surface area contributed by atoms with E-state index in [1.54, 1.807) is 0 Å². The van der Waals surface area contributed by atoms with E-state index in [2.05, 4.69) is 62.4 Å². The van der Waals surface area contributed by atoms with Crippen molar-refractivity contribution in [3.63, 3.8) is 0 Å². The van der Waals surface area contributed by atoms with Crippen LogP contribution in [-0.2, 0) is 0 Å². The minimum absolute atomic E-state index is 1.36. The summed E-state index contributed by atoms with van der Waals surface area (Å²) in [7, 11) is 0. The molecule has 2 aromatic rings. The minimum atomic E-state index is 1.36. The van der Waals surface area contributed by atoms with Crippen LogP contribution in [0.1, 0.15) is 23.6 Å². The second kappa shape index (κ2) is 3.34. The normalized spacial score (nSPS) is 15.0. The Balaban J connectivity index is 2.44. The van der Waals surface area contributed by atoms with Crippen LogP contribution < -0.4 is 0 Å². The van der Waals surface area contributed by atoms with Gasteiger partial charge in [-0.05, 0) is 47.2 Å². The second-order valence-corrected chi connectivity index (χ2v) is 4.25. The van der Waals surface area contributed by atoms with E-state index < -0.39 is 0 Å². The fraction of sp³-hybridized carbons (Fsp3) is 0.125. The first-order valence-electron chi connectivity index (χ1n) is 5.69. The zero-order valence-corrected chi connectivity index (χ0v) is 9.62. The topological polar surface area (TPSA) is 0 Å². The molecule has 0 saturated carbocycles. The summed E-state index contributed by atoms with van der Waals surface area (Å²) in [5.74, 6) is 0. The summed E-state index contributed by atoms with van der Waals surface area (Å²) in [6, 6.07) is 15.2. The Morgan fingerprint density at radius 2 is 1.50 bits per heavy atom. The van der Waals surface area contributed by atoms with E-state index in [-0.39, 0.29) is 0 Å². The maximum Gasteiger partial charge on any atom is -0.00730 e. The zero-order chi connectivity index (χ0) is 11.1. The van der Waals surface area contributed by atoms with Crippen molar-refractivity contribution in [3.8, 4) is 11.1 Å².